The third-order valence-electron chi connectivity index (χ3n) is 4.78. The van der Waals surface area contributed by atoms with Crippen LogP contribution in [0.2, 0.25) is 0 Å². The van der Waals surface area contributed by atoms with Crippen LogP contribution in [0.4, 0.5) is 0 Å². The summed E-state index contributed by atoms with van der Waals surface area (Å²) in [6.45, 7) is 7.72. The number of carbonyl (C=O) groups is 1. The molecule has 5 heteroatoms. The molecule has 0 amide bonds. The molecular weight excluding hydrogens is 358 g/mol. The van der Waals surface area contributed by atoms with Crippen LogP contribution in [0.3, 0.4) is 0 Å². The van der Waals surface area contributed by atoms with E-state index in [1.54, 1.807) is 0 Å². The minimum Gasteiger partial charge on any atom is -0.481 e. The summed E-state index contributed by atoms with van der Waals surface area (Å²) in [5.41, 5.74) is 0. The zero-order valence-corrected chi connectivity index (χ0v) is 18.2. The average molecular weight is 396 g/mol. The van der Waals surface area contributed by atoms with Crippen molar-refractivity contribution in [1.29, 1.82) is 0 Å². The minimum absolute atomic E-state index is 0.0911. The summed E-state index contributed by atoms with van der Waals surface area (Å²) in [5.74, 6) is -1.27. The monoisotopic (exact) mass is 395 g/mol. The van der Waals surface area contributed by atoms with E-state index >= 15 is 0 Å². The van der Waals surface area contributed by atoms with Crippen LogP contribution in [0.15, 0.2) is 41.0 Å². The molecule has 1 N–H and O–H groups in total. The van der Waals surface area contributed by atoms with Crippen LogP contribution in [0.5, 0.6) is 0 Å². The van der Waals surface area contributed by atoms with Gasteiger partial charge in [-0.3, -0.25) is 4.79 Å². The molecule has 2 unspecified atom stereocenters. The molecule has 0 heterocycles. The predicted octanol–water partition coefficient (Wildman–Crippen LogP) is 7.33. The molecule has 27 heavy (non-hydrogen) atoms. The van der Waals surface area contributed by atoms with Gasteiger partial charge in [-0.2, -0.15) is 0 Å². The molecule has 0 aliphatic heterocycles. The van der Waals surface area contributed by atoms with Gasteiger partial charge in [-0.1, -0.05) is 69.1 Å². The van der Waals surface area contributed by atoms with E-state index in [9.17, 15) is 14.8 Å². The molecule has 0 aliphatic rings. The van der Waals surface area contributed by atoms with Crippen LogP contribution in [0.1, 0.15) is 79.1 Å². The Labute approximate surface area is 169 Å². The maximum absolute atomic E-state index is 11.9. The van der Waals surface area contributed by atoms with E-state index in [0.29, 0.717) is 0 Å². The maximum Gasteiger partial charge on any atom is 0.308 e. The normalized spacial score (nSPS) is 15.0. The first-order valence-corrected chi connectivity index (χ1v) is 10.9. The van der Waals surface area contributed by atoms with Crippen molar-refractivity contribution in [1.82, 2.24) is 0 Å². The highest BCUT2D eigenvalue weighted by Crippen LogP contribution is 2.41. The van der Waals surface area contributed by atoms with Crippen LogP contribution in [-0.4, -0.2) is 15.8 Å². The lowest BCUT2D eigenvalue weighted by Gasteiger charge is -2.34. The Balaban J connectivity index is 4.38. The molecule has 0 bridgehead atoms. The third kappa shape index (κ3) is 11.9. The number of hydrogen-bond acceptors (Lipinski definition) is 4. The van der Waals surface area contributed by atoms with Crippen molar-refractivity contribution in [3.8, 4) is 0 Å². The number of carboxylic acids is 1. The van der Waals surface area contributed by atoms with Gasteiger partial charge in [-0.25, -0.2) is 0 Å². The van der Waals surface area contributed by atoms with E-state index in [4.69, 9.17) is 0 Å². The van der Waals surface area contributed by atoms with Crippen LogP contribution in [-0.2, 0) is 4.79 Å². The Morgan fingerprint density at radius 1 is 1.07 bits per heavy atom. The molecule has 0 fully saturated rings. The zero-order chi connectivity index (χ0) is 20.5. The summed E-state index contributed by atoms with van der Waals surface area (Å²) >= 11 is 0.855. The van der Waals surface area contributed by atoms with Crippen molar-refractivity contribution in [3.05, 3.63) is 41.4 Å². The summed E-state index contributed by atoms with van der Waals surface area (Å²) in [5, 5.41) is 9.74. The van der Waals surface area contributed by atoms with Crippen molar-refractivity contribution in [3.63, 3.8) is 0 Å². The lowest BCUT2D eigenvalue weighted by Crippen LogP contribution is -2.39. The van der Waals surface area contributed by atoms with E-state index in [0.717, 1.165) is 63.3 Å². The van der Waals surface area contributed by atoms with Crippen molar-refractivity contribution < 1.29 is 9.90 Å². The predicted molar refractivity (Wildman–Crippen MR) is 118 cm³/mol. The average Bonchev–Trinajstić information content (AvgIpc) is 2.59. The molecule has 0 aromatic heterocycles. The second-order valence-electron chi connectivity index (χ2n) is 7.46. The Morgan fingerprint density at radius 3 is 2.33 bits per heavy atom. The van der Waals surface area contributed by atoms with Crippen LogP contribution in [0, 0.1) is 16.7 Å². The topological polar surface area (TPSA) is 66.7 Å². The summed E-state index contributed by atoms with van der Waals surface area (Å²) in [4.78, 5) is 22.6. The summed E-state index contributed by atoms with van der Waals surface area (Å²) in [6, 6.07) is 0. The van der Waals surface area contributed by atoms with E-state index in [-0.39, 0.29) is 5.92 Å². The molecule has 0 radical (unpaired) electrons. The SMILES string of the molecule is CC=CC=CC=CCCCCCCC(CCC)C(C(=O)O)C(C)(C)SN=O. The maximum atomic E-state index is 11.9. The first-order chi connectivity index (χ1) is 12.9. The van der Waals surface area contributed by atoms with Gasteiger partial charge in [-0.15, -0.1) is 4.91 Å². The lowest BCUT2D eigenvalue weighted by atomic mass is 9.77. The molecule has 4 nitrogen and oxygen atoms in total. The highest BCUT2D eigenvalue weighted by atomic mass is 32.2. The number of carboxylic acid groups (broad SMARTS) is 1. The quantitative estimate of drug-likeness (QED) is 0.129. The van der Waals surface area contributed by atoms with Gasteiger partial charge < -0.3 is 5.11 Å². The Bertz CT molecular complexity index is 498. The first kappa shape index (κ1) is 25.6. The van der Waals surface area contributed by atoms with Crippen LogP contribution in [0.25, 0.3) is 0 Å². The third-order valence-corrected chi connectivity index (χ3v) is 5.58. The van der Waals surface area contributed by atoms with E-state index in [2.05, 4.69) is 23.7 Å². The van der Waals surface area contributed by atoms with Crippen LogP contribution >= 0.6 is 11.9 Å². The lowest BCUT2D eigenvalue weighted by molar-refractivity contribution is -0.145. The highest BCUT2D eigenvalue weighted by molar-refractivity contribution is 7.99. The van der Waals surface area contributed by atoms with Gasteiger partial charge in [0.15, 0.2) is 0 Å². The summed E-state index contributed by atoms with van der Waals surface area (Å²) < 4.78 is 2.22. The summed E-state index contributed by atoms with van der Waals surface area (Å²) in [6.07, 6.45) is 20.6. The number of nitrogens with zero attached hydrogens (tertiary/aromatic N) is 1. The fraction of sp³-hybridized carbons (Fsp3) is 0.682. The van der Waals surface area contributed by atoms with Gasteiger partial charge in [0.25, 0.3) is 0 Å². The van der Waals surface area contributed by atoms with Gasteiger partial charge in [0.1, 0.15) is 0 Å². The number of unbranched alkanes of at least 4 members (excludes halogenated alkanes) is 4. The molecule has 2 atom stereocenters. The summed E-state index contributed by atoms with van der Waals surface area (Å²) in [7, 11) is 0. The van der Waals surface area contributed by atoms with Crippen molar-refractivity contribution in [2.45, 2.75) is 83.8 Å². The van der Waals surface area contributed by atoms with Crippen molar-refractivity contribution in [2.24, 2.45) is 16.4 Å². The number of nitroso groups, excluding NO2 is 1. The smallest absolute Gasteiger partial charge is 0.308 e. The highest BCUT2D eigenvalue weighted by Gasteiger charge is 2.41. The molecule has 0 aromatic carbocycles. The minimum atomic E-state index is -0.814. The molecule has 0 saturated carbocycles. The molecule has 0 aliphatic carbocycles. The molecule has 154 valence electrons. The zero-order valence-electron chi connectivity index (χ0n) is 17.4. The molecule has 0 saturated heterocycles. The van der Waals surface area contributed by atoms with Crippen LogP contribution < -0.4 is 0 Å². The number of aliphatic carboxylic acids is 1. The van der Waals surface area contributed by atoms with E-state index in [1.807, 2.05) is 45.1 Å². The van der Waals surface area contributed by atoms with Gasteiger partial charge in [0.2, 0.25) is 0 Å². The first-order valence-electron chi connectivity index (χ1n) is 10.1. The van der Waals surface area contributed by atoms with E-state index < -0.39 is 16.6 Å². The fourth-order valence-corrected chi connectivity index (χ4v) is 4.10. The Morgan fingerprint density at radius 2 is 1.74 bits per heavy atom. The molecular formula is C22H37NO3S. The van der Waals surface area contributed by atoms with Gasteiger partial charge in [0, 0.05) is 21.3 Å². The standard InChI is InChI=1S/C22H37NO3S/c1-5-7-8-9-10-11-12-13-14-15-16-18-19(17-6-2)20(21(24)25)22(3,4)27-23-26/h5,7-11,19-20H,6,12-18H2,1-4H3,(H,24,25). The number of allylic oxidation sites excluding steroid dienone is 6. The van der Waals surface area contributed by atoms with Crippen molar-refractivity contribution >= 4 is 17.9 Å². The molecule has 0 rings (SSSR count). The second-order valence-corrected chi connectivity index (χ2v) is 8.85. The fourth-order valence-electron chi connectivity index (χ4n) is 3.50. The Kier molecular flexibility index (Phi) is 14.9. The molecule has 0 aromatic rings. The Hall–Kier alpha value is -1.36. The van der Waals surface area contributed by atoms with Gasteiger partial charge in [-0.05, 0) is 52.4 Å². The van der Waals surface area contributed by atoms with Gasteiger partial charge >= 0.3 is 5.97 Å². The second kappa shape index (κ2) is 15.7. The number of rotatable bonds is 16. The van der Waals surface area contributed by atoms with E-state index in [1.165, 1.54) is 0 Å². The van der Waals surface area contributed by atoms with Crippen molar-refractivity contribution in [2.75, 3.05) is 0 Å². The molecule has 0 spiro atoms. The van der Waals surface area contributed by atoms with Gasteiger partial charge in [0.05, 0.1) is 5.92 Å². The number of hydrogen-bond donors (Lipinski definition) is 1. The largest absolute Gasteiger partial charge is 0.481 e.